The predicted molar refractivity (Wildman–Crippen MR) is 107 cm³/mol. The molecule has 4 rings (SSSR count). The normalized spacial score (nSPS) is 34.8. The van der Waals surface area contributed by atoms with E-state index in [1.165, 1.54) is 49.8 Å². The molecular weight excluding hydrogens is 304 g/mol. The molecule has 0 N–H and O–H groups in total. The van der Waals surface area contributed by atoms with Gasteiger partial charge >= 0.3 is 0 Å². The third kappa shape index (κ3) is 1.86. The molecule has 0 aromatic heterocycles. The van der Waals surface area contributed by atoms with E-state index in [9.17, 15) is 0 Å². The lowest BCUT2D eigenvalue weighted by Crippen LogP contribution is -2.50. The van der Waals surface area contributed by atoms with Gasteiger partial charge in [0.15, 0.2) is 0 Å². The van der Waals surface area contributed by atoms with Crippen LogP contribution in [0.2, 0.25) is 0 Å². The summed E-state index contributed by atoms with van der Waals surface area (Å²) in [7, 11) is 2.27. The van der Waals surface area contributed by atoms with Crippen LogP contribution < -0.4 is 4.90 Å². The van der Waals surface area contributed by atoms with E-state index in [0.29, 0.717) is 17.0 Å². The van der Waals surface area contributed by atoms with Gasteiger partial charge in [-0.25, -0.2) is 0 Å². The lowest BCUT2D eigenvalue weighted by Gasteiger charge is -2.45. The standard InChI is InChI=1S/C23H34N2/c1-6-10-11-17-12-13-18-19(16-17)25-15-14-24(5)21(25)23(9-4)20(7-2)22(18,23)8-3/h12-16,20-21H,6-11H2,1-5H3. The van der Waals surface area contributed by atoms with E-state index in [2.05, 4.69) is 75.1 Å². The Kier molecular flexibility index (Phi) is 3.94. The highest BCUT2D eigenvalue weighted by molar-refractivity contribution is 5.70. The van der Waals surface area contributed by atoms with E-state index in [4.69, 9.17) is 0 Å². The quantitative estimate of drug-likeness (QED) is 0.659. The number of aryl methyl sites for hydroxylation is 1. The monoisotopic (exact) mass is 338 g/mol. The molecule has 2 nitrogen and oxygen atoms in total. The van der Waals surface area contributed by atoms with Crippen LogP contribution in [0.1, 0.15) is 70.9 Å². The van der Waals surface area contributed by atoms with Gasteiger partial charge in [-0.05, 0) is 48.8 Å². The number of hydrogen-bond donors (Lipinski definition) is 0. The molecule has 1 aromatic carbocycles. The molecule has 25 heavy (non-hydrogen) atoms. The van der Waals surface area contributed by atoms with Crippen molar-refractivity contribution in [1.82, 2.24) is 4.90 Å². The molecule has 2 heterocycles. The van der Waals surface area contributed by atoms with Gasteiger partial charge < -0.3 is 9.80 Å². The Hall–Kier alpha value is -1.44. The lowest BCUT2D eigenvalue weighted by atomic mass is 9.76. The number of fused-ring (bicyclic) bond motifs is 6. The molecule has 1 aliphatic carbocycles. The van der Waals surface area contributed by atoms with Crippen molar-refractivity contribution in [3.63, 3.8) is 0 Å². The van der Waals surface area contributed by atoms with Gasteiger partial charge in [0.25, 0.3) is 0 Å². The van der Waals surface area contributed by atoms with Crippen molar-refractivity contribution in [2.45, 2.75) is 77.8 Å². The van der Waals surface area contributed by atoms with Crippen molar-refractivity contribution < 1.29 is 0 Å². The highest BCUT2D eigenvalue weighted by Gasteiger charge is 2.80. The molecule has 0 amide bonds. The second-order valence-corrected chi connectivity index (χ2v) is 8.38. The van der Waals surface area contributed by atoms with E-state index >= 15 is 0 Å². The zero-order valence-corrected chi connectivity index (χ0v) is 16.7. The Morgan fingerprint density at radius 3 is 2.48 bits per heavy atom. The van der Waals surface area contributed by atoms with Crippen LogP contribution in [-0.2, 0) is 11.8 Å². The number of anilines is 1. The summed E-state index contributed by atoms with van der Waals surface area (Å²) in [6.45, 7) is 9.53. The Balaban J connectivity index is 1.88. The maximum absolute atomic E-state index is 2.60. The molecule has 0 bridgehead atoms. The summed E-state index contributed by atoms with van der Waals surface area (Å²) >= 11 is 0. The molecule has 3 aliphatic rings. The number of hydrogen-bond acceptors (Lipinski definition) is 2. The zero-order valence-electron chi connectivity index (χ0n) is 16.7. The zero-order chi connectivity index (χ0) is 17.8. The van der Waals surface area contributed by atoms with Gasteiger partial charge in [-0.1, -0.05) is 52.7 Å². The van der Waals surface area contributed by atoms with Gasteiger partial charge in [0.05, 0.1) is 0 Å². The fourth-order valence-corrected chi connectivity index (χ4v) is 6.85. The molecule has 0 radical (unpaired) electrons. The fraction of sp³-hybridized carbons (Fsp3) is 0.652. The van der Waals surface area contributed by atoms with Gasteiger partial charge in [0.2, 0.25) is 0 Å². The van der Waals surface area contributed by atoms with E-state index in [-0.39, 0.29) is 0 Å². The Morgan fingerprint density at radius 1 is 1.04 bits per heavy atom. The molecule has 1 fully saturated rings. The summed E-state index contributed by atoms with van der Waals surface area (Å²) in [5.74, 6) is 0.799. The summed E-state index contributed by atoms with van der Waals surface area (Å²) in [5.41, 5.74) is 5.39. The topological polar surface area (TPSA) is 6.48 Å². The van der Waals surface area contributed by atoms with Crippen LogP contribution in [0.3, 0.4) is 0 Å². The van der Waals surface area contributed by atoms with Crippen LogP contribution >= 0.6 is 0 Å². The van der Waals surface area contributed by atoms with E-state index < -0.39 is 0 Å². The maximum Gasteiger partial charge on any atom is 0.112 e. The Bertz CT molecular complexity index is 693. The van der Waals surface area contributed by atoms with E-state index in [0.717, 1.165) is 5.92 Å². The first-order valence-corrected chi connectivity index (χ1v) is 10.4. The van der Waals surface area contributed by atoms with Crippen LogP contribution in [0.15, 0.2) is 30.6 Å². The summed E-state index contributed by atoms with van der Waals surface area (Å²) in [6.07, 6.45) is 12.7. The van der Waals surface area contributed by atoms with Crippen molar-refractivity contribution in [1.29, 1.82) is 0 Å². The number of unbranched alkanes of at least 4 members (excludes halogenated alkanes) is 1. The van der Waals surface area contributed by atoms with Crippen LogP contribution in [0.25, 0.3) is 0 Å². The number of nitrogens with zero attached hydrogens (tertiary/aromatic N) is 2. The van der Waals surface area contributed by atoms with Gasteiger partial charge in [0, 0.05) is 36.0 Å². The average molecular weight is 339 g/mol. The number of rotatable bonds is 6. The molecular formula is C23H34N2. The molecule has 2 aliphatic heterocycles. The predicted octanol–water partition coefficient (Wildman–Crippen LogP) is 5.68. The first kappa shape index (κ1) is 17.0. The SMILES string of the molecule is CCCCc1ccc2c(c1)N1C=CN(C)C1C1(CC)C(CC)C21CC. The summed E-state index contributed by atoms with van der Waals surface area (Å²) < 4.78 is 0. The minimum atomic E-state index is 0.372. The van der Waals surface area contributed by atoms with Crippen LogP contribution in [-0.4, -0.2) is 18.1 Å². The minimum Gasteiger partial charge on any atom is -0.358 e. The van der Waals surface area contributed by atoms with Crippen LogP contribution in [0.4, 0.5) is 5.69 Å². The second-order valence-electron chi connectivity index (χ2n) is 8.38. The van der Waals surface area contributed by atoms with Crippen LogP contribution in [0.5, 0.6) is 0 Å². The third-order valence-electron chi connectivity index (χ3n) is 7.73. The first-order valence-electron chi connectivity index (χ1n) is 10.4. The van der Waals surface area contributed by atoms with Crippen molar-refractivity contribution in [3.05, 3.63) is 41.7 Å². The Labute approximate surface area is 153 Å². The van der Waals surface area contributed by atoms with Gasteiger partial charge in [0.1, 0.15) is 6.17 Å². The molecule has 2 heteroatoms. The van der Waals surface area contributed by atoms with E-state index in [1.54, 1.807) is 5.56 Å². The summed E-state index contributed by atoms with van der Waals surface area (Å²) in [4.78, 5) is 5.07. The molecule has 4 atom stereocenters. The van der Waals surface area contributed by atoms with Crippen molar-refractivity contribution >= 4 is 5.69 Å². The smallest absolute Gasteiger partial charge is 0.112 e. The van der Waals surface area contributed by atoms with Crippen molar-refractivity contribution in [2.75, 3.05) is 11.9 Å². The van der Waals surface area contributed by atoms with Crippen molar-refractivity contribution in [2.24, 2.45) is 11.3 Å². The molecule has 1 aromatic rings. The molecule has 1 saturated carbocycles. The maximum atomic E-state index is 2.60. The molecule has 0 spiro atoms. The van der Waals surface area contributed by atoms with Gasteiger partial charge in [-0.15, -0.1) is 0 Å². The Morgan fingerprint density at radius 2 is 1.84 bits per heavy atom. The highest BCUT2D eigenvalue weighted by atomic mass is 15.4. The van der Waals surface area contributed by atoms with Gasteiger partial charge in [-0.3, -0.25) is 0 Å². The van der Waals surface area contributed by atoms with Gasteiger partial charge in [-0.2, -0.15) is 0 Å². The second kappa shape index (κ2) is 5.79. The van der Waals surface area contributed by atoms with E-state index in [1.807, 2.05) is 0 Å². The fourth-order valence-electron chi connectivity index (χ4n) is 6.85. The lowest BCUT2D eigenvalue weighted by molar-refractivity contribution is 0.181. The average Bonchev–Trinajstić information content (AvgIpc) is 3.07. The first-order chi connectivity index (χ1) is 12.1. The number of benzene rings is 1. The minimum absolute atomic E-state index is 0.372. The molecule has 136 valence electrons. The van der Waals surface area contributed by atoms with Crippen molar-refractivity contribution in [3.8, 4) is 0 Å². The molecule has 4 unspecified atom stereocenters. The third-order valence-corrected chi connectivity index (χ3v) is 7.73. The molecule has 0 saturated heterocycles. The highest BCUT2D eigenvalue weighted by Crippen LogP contribution is 2.80. The summed E-state index contributed by atoms with van der Waals surface area (Å²) in [6, 6.07) is 7.41. The van der Waals surface area contributed by atoms with Crippen LogP contribution in [0, 0.1) is 11.3 Å². The summed E-state index contributed by atoms with van der Waals surface area (Å²) in [5, 5.41) is 0. The largest absolute Gasteiger partial charge is 0.358 e.